The number of aliphatic carboxylic acids is 1. The Kier molecular flexibility index (Phi) is 6.19. The number of para-hydroxylation sites is 1. The number of aldehydes is 1. The molecule has 0 saturated heterocycles. The molecule has 0 spiro atoms. The largest absolute Gasteiger partial charge is 1.00 e. The second kappa shape index (κ2) is 6.59. The molecule has 0 atom stereocenters. The fraction of sp³-hybridized carbons (Fsp3) is 0.111. The second-order valence-electron chi connectivity index (χ2n) is 2.32. The Labute approximate surface area is 103 Å². The second-order valence-corrected chi connectivity index (χ2v) is 2.32. The van der Waals surface area contributed by atoms with Crippen LogP contribution in [0.15, 0.2) is 24.3 Å². The zero-order chi connectivity index (χ0) is 9.68. The number of carboxylic acid groups (broad SMARTS) is 1. The van der Waals surface area contributed by atoms with Crippen molar-refractivity contribution in [2.45, 2.75) is 0 Å². The predicted molar refractivity (Wildman–Crippen MR) is 42.3 cm³/mol. The summed E-state index contributed by atoms with van der Waals surface area (Å²) in [6.07, 6.45) is 0.602. The zero-order valence-corrected chi connectivity index (χ0v) is 9.73. The standard InChI is InChI=1S/C9H8O4.Na/c10-5-7-3-1-2-4-8(7)13-6-9(11)12;/h1-5H,6H2,(H,11,12);/q;+1/p-1. The fourth-order valence-electron chi connectivity index (χ4n) is 0.846. The van der Waals surface area contributed by atoms with Crippen LogP contribution in [-0.2, 0) is 4.79 Å². The van der Waals surface area contributed by atoms with E-state index in [1.165, 1.54) is 12.1 Å². The first-order chi connectivity index (χ1) is 6.24. The van der Waals surface area contributed by atoms with Gasteiger partial charge in [-0.25, -0.2) is 0 Å². The van der Waals surface area contributed by atoms with Gasteiger partial charge in [-0.3, -0.25) is 4.79 Å². The van der Waals surface area contributed by atoms with Gasteiger partial charge in [0.05, 0.1) is 11.5 Å². The number of hydrogen-bond donors (Lipinski definition) is 0. The van der Waals surface area contributed by atoms with Gasteiger partial charge >= 0.3 is 29.6 Å². The van der Waals surface area contributed by atoms with E-state index in [0.29, 0.717) is 11.8 Å². The van der Waals surface area contributed by atoms with Crippen LogP contribution < -0.4 is 39.4 Å². The first-order valence-electron chi connectivity index (χ1n) is 3.61. The number of benzene rings is 1. The van der Waals surface area contributed by atoms with Crippen molar-refractivity contribution in [3.63, 3.8) is 0 Å². The maximum Gasteiger partial charge on any atom is 1.00 e. The normalized spacial score (nSPS) is 8.57. The first kappa shape index (κ1) is 13.2. The Morgan fingerprint density at radius 1 is 1.43 bits per heavy atom. The van der Waals surface area contributed by atoms with Crippen LogP contribution in [0.3, 0.4) is 0 Å². The molecule has 4 nitrogen and oxygen atoms in total. The molecule has 1 rings (SSSR count). The molecular weight excluding hydrogens is 195 g/mol. The SMILES string of the molecule is O=Cc1ccccc1OCC(=O)[O-].[Na+]. The molecule has 0 heterocycles. The summed E-state index contributed by atoms with van der Waals surface area (Å²) >= 11 is 0. The van der Waals surface area contributed by atoms with Gasteiger partial charge in [0.2, 0.25) is 0 Å². The fourth-order valence-corrected chi connectivity index (χ4v) is 0.846. The van der Waals surface area contributed by atoms with Crippen LogP contribution in [0, 0.1) is 0 Å². The molecule has 14 heavy (non-hydrogen) atoms. The Morgan fingerprint density at radius 2 is 2.07 bits per heavy atom. The maximum atomic E-state index is 10.4. The molecule has 0 unspecified atom stereocenters. The summed E-state index contributed by atoms with van der Waals surface area (Å²) in [4.78, 5) is 20.5. The van der Waals surface area contributed by atoms with Crippen molar-refractivity contribution in [1.82, 2.24) is 0 Å². The number of hydrogen-bond acceptors (Lipinski definition) is 4. The predicted octanol–water partition coefficient (Wildman–Crippen LogP) is -3.37. The number of carbonyl (C=O) groups is 2. The Hall–Kier alpha value is -0.840. The Morgan fingerprint density at radius 3 is 2.64 bits per heavy atom. The van der Waals surface area contributed by atoms with Crippen LogP contribution in [0.4, 0.5) is 0 Å². The third kappa shape index (κ3) is 3.91. The van der Waals surface area contributed by atoms with Crippen LogP contribution in [0.1, 0.15) is 10.4 Å². The summed E-state index contributed by atoms with van der Waals surface area (Å²) in [6.45, 7) is -0.551. The van der Waals surface area contributed by atoms with E-state index in [-0.39, 0.29) is 35.3 Å². The van der Waals surface area contributed by atoms with Gasteiger partial charge in [0.15, 0.2) is 6.29 Å². The molecule has 0 aliphatic carbocycles. The van der Waals surface area contributed by atoms with Crippen molar-refractivity contribution in [3.8, 4) is 5.75 Å². The van der Waals surface area contributed by atoms with Gasteiger partial charge in [-0.05, 0) is 12.1 Å². The van der Waals surface area contributed by atoms with Crippen molar-refractivity contribution < 1.29 is 49.0 Å². The van der Waals surface area contributed by atoms with Gasteiger partial charge < -0.3 is 14.6 Å². The van der Waals surface area contributed by atoms with Crippen LogP contribution in [0.25, 0.3) is 0 Å². The van der Waals surface area contributed by atoms with Crippen LogP contribution in [-0.4, -0.2) is 18.9 Å². The van der Waals surface area contributed by atoms with E-state index in [1.807, 2.05) is 0 Å². The smallest absolute Gasteiger partial charge is 0.546 e. The molecule has 0 N–H and O–H groups in total. The summed E-state index contributed by atoms with van der Waals surface area (Å²) in [5.41, 5.74) is 0.323. The maximum absolute atomic E-state index is 10.4. The van der Waals surface area contributed by atoms with Gasteiger partial charge in [0.25, 0.3) is 0 Å². The van der Waals surface area contributed by atoms with Crippen LogP contribution in [0.2, 0.25) is 0 Å². The molecule has 68 valence electrons. The quantitative estimate of drug-likeness (QED) is 0.377. The first-order valence-corrected chi connectivity index (χ1v) is 3.61. The summed E-state index contributed by atoms with van der Waals surface area (Å²) < 4.78 is 4.80. The topological polar surface area (TPSA) is 66.4 Å². The van der Waals surface area contributed by atoms with E-state index in [9.17, 15) is 14.7 Å². The van der Waals surface area contributed by atoms with Crippen molar-refractivity contribution in [1.29, 1.82) is 0 Å². The minimum atomic E-state index is -1.32. The van der Waals surface area contributed by atoms with Crippen molar-refractivity contribution in [2.75, 3.05) is 6.61 Å². The minimum absolute atomic E-state index is 0. The number of carboxylic acids is 1. The van der Waals surface area contributed by atoms with E-state index in [4.69, 9.17) is 4.74 Å². The molecule has 0 aliphatic heterocycles. The zero-order valence-electron chi connectivity index (χ0n) is 7.73. The number of carbonyl (C=O) groups excluding carboxylic acids is 2. The molecule has 0 saturated carbocycles. The van der Waals surface area contributed by atoms with Crippen LogP contribution >= 0.6 is 0 Å². The Balaban J connectivity index is 0.00000169. The monoisotopic (exact) mass is 202 g/mol. The molecule has 0 fully saturated rings. The molecule has 0 aliphatic rings. The molecule has 0 bridgehead atoms. The minimum Gasteiger partial charge on any atom is -0.546 e. The van der Waals surface area contributed by atoms with E-state index >= 15 is 0 Å². The van der Waals surface area contributed by atoms with Crippen molar-refractivity contribution in [2.24, 2.45) is 0 Å². The number of rotatable bonds is 4. The molecule has 0 amide bonds. The molecule has 0 aromatic heterocycles. The Bertz CT molecular complexity index is 324. The van der Waals surface area contributed by atoms with E-state index < -0.39 is 12.6 Å². The average Bonchev–Trinajstić information content (AvgIpc) is 2.15. The van der Waals surface area contributed by atoms with Crippen molar-refractivity contribution in [3.05, 3.63) is 29.8 Å². The molecule has 1 aromatic carbocycles. The summed E-state index contributed by atoms with van der Waals surface area (Å²) in [7, 11) is 0. The molecule has 0 radical (unpaired) electrons. The van der Waals surface area contributed by atoms with E-state index in [2.05, 4.69) is 0 Å². The third-order valence-corrected chi connectivity index (χ3v) is 1.39. The van der Waals surface area contributed by atoms with Gasteiger partial charge in [-0.1, -0.05) is 12.1 Å². The van der Waals surface area contributed by atoms with Crippen molar-refractivity contribution >= 4 is 12.3 Å². The number of ether oxygens (including phenoxy) is 1. The third-order valence-electron chi connectivity index (χ3n) is 1.39. The molecule has 5 heteroatoms. The molecular formula is C9H7NaO4. The van der Waals surface area contributed by atoms with E-state index in [0.717, 1.165) is 0 Å². The van der Waals surface area contributed by atoms with Gasteiger partial charge in [0.1, 0.15) is 12.4 Å². The summed E-state index contributed by atoms with van der Waals surface area (Å²) in [6, 6.07) is 6.37. The average molecular weight is 202 g/mol. The van der Waals surface area contributed by atoms with Gasteiger partial charge in [0, 0.05) is 0 Å². The van der Waals surface area contributed by atoms with Gasteiger partial charge in [-0.2, -0.15) is 0 Å². The van der Waals surface area contributed by atoms with E-state index in [1.54, 1.807) is 12.1 Å². The molecule has 1 aromatic rings. The van der Waals surface area contributed by atoms with Crippen LogP contribution in [0.5, 0.6) is 5.75 Å². The summed E-state index contributed by atoms with van der Waals surface area (Å²) in [5.74, 6) is -1.07. The summed E-state index contributed by atoms with van der Waals surface area (Å²) in [5, 5.41) is 10.0. The van der Waals surface area contributed by atoms with Gasteiger partial charge in [-0.15, -0.1) is 0 Å².